The minimum absolute atomic E-state index is 0. The van der Waals surface area contributed by atoms with E-state index < -0.39 is 0 Å². The van der Waals surface area contributed by atoms with Gasteiger partial charge in [-0.25, -0.2) is 0 Å². The van der Waals surface area contributed by atoms with E-state index in [1.54, 1.807) is 0 Å². The second-order valence-corrected chi connectivity index (χ2v) is 2.81. The van der Waals surface area contributed by atoms with E-state index >= 15 is 0 Å². The Hall–Kier alpha value is 1.01. The molecule has 0 fully saturated rings. The molecule has 1 heterocycles. The third-order valence-electron chi connectivity index (χ3n) is 1.85. The van der Waals surface area contributed by atoms with E-state index in [1.807, 2.05) is 26.8 Å². The topological polar surface area (TPSA) is 27.0 Å². The van der Waals surface area contributed by atoms with Crippen molar-refractivity contribution < 1.29 is 72.4 Å². The SMILES string of the molecule is CC.Cc1ccc2[n-]nc(C)c2c1.[CH3-].[K+].[W]. The molecule has 84 valence electrons. The maximum absolute atomic E-state index is 4.01. The molecule has 0 unspecified atom stereocenters. The van der Waals surface area contributed by atoms with Crippen molar-refractivity contribution in [2.24, 2.45) is 0 Å². The molecule has 0 amide bonds. The Balaban J connectivity index is -0.000000321. The fourth-order valence-corrected chi connectivity index (χ4v) is 1.21. The van der Waals surface area contributed by atoms with Gasteiger partial charge in [0.2, 0.25) is 0 Å². The monoisotopic (exact) mass is 413 g/mol. The number of nitrogens with zero attached hydrogens (tertiary/aromatic N) is 2. The third kappa shape index (κ3) is 5.57. The van der Waals surface area contributed by atoms with Crippen molar-refractivity contribution in [2.45, 2.75) is 27.7 Å². The van der Waals surface area contributed by atoms with Gasteiger partial charge in [0.05, 0.1) is 0 Å². The number of aryl methyl sites for hydroxylation is 2. The van der Waals surface area contributed by atoms with Crippen molar-refractivity contribution in [1.82, 2.24) is 10.2 Å². The van der Waals surface area contributed by atoms with Crippen LogP contribution in [0.2, 0.25) is 0 Å². The molecule has 0 aliphatic carbocycles. The van der Waals surface area contributed by atoms with Gasteiger partial charge in [-0.3, -0.25) is 0 Å². The van der Waals surface area contributed by atoms with E-state index in [4.69, 9.17) is 0 Å². The van der Waals surface area contributed by atoms with Gasteiger partial charge < -0.3 is 17.6 Å². The average molecular weight is 413 g/mol. The summed E-state index contributed by atoms with van der Waals surface area (Å²) in [4.78, 5) is 0. The van der Waals surface area contributed by atoms with Crippen molar-refractivity contribution in [3.63, 3.8) is 0 Å². The quantitative estimate of drug-likeness (QED) is 0.459. The average Bonchev–Trinajstić information content (AvgIpc) is 2.52. The van der Waals surface area contributed by atoms with Gasteiger partial charge in [-0.1, -0.05) is 37.6 Å². The van der Waals surface area contributed by atoms with Crippen molar-refractivity contribution in [3.8, 4) is 0 Å². The molecule has 0 aliphatic heterocycles. The van der Waals surface area contributed by atoms with Crippen LogP contribution in [0.15, 0.2) is 18.2 Å². The first-order valence-corrected chi connectivity index (χ1v) is 4.64. The molecule has 0 atom stereocenters. The normalized spacial score (nSPS) is 7.75. The molecule has 1 aromatic heterocycles. The Labute approximate surface area is 156 Å². The van der Waals surface area contributed by atoms with Crippen LogP contribution in [0.5, 0.6) is 0 Å². The van der Waals surface area contributed by atoms with Crippen LogP contribution in [-0.4, -0.2) is 5.10 Å². The molecule has 0 radical (unpaired) electrons. The zero-order valence-electron chi connectivity index (χ0n) is 11.0. The Morgan fingerprint density at radius 1 is 1.12 bits per heavy atom. The van der Waals surface area contributed by atoms with Crippen LogP contribution in [0, 0.1) is 21.3 Å². The Bertz CT molecular complexity index is 399. The first kappa shape index (κ1) is 22.2. The van der Waals surface area contributed by atoms with Gasteiger partial charge in [0, 0.05) is 26.8 Å². The predicted molar refractivity (Wildman–Crippen MR) is 62.3 cm³/mol. The van der Waals surface area contributed by atoms with Crippen LogP contribution < -0.4 is 56.5 Å². The number of rotatable bonds is 0. The summed E-state index contributed by atoms with van der Waals surface area (Å²) in [6.45, 7) is 8.06. The van der Waals surface area contributed by atoms with E-state index in [-0.39, 0.29) is 79.9 Å². The number of hydrogen-bond donors (Lipinski definition) is 0. The van der Waals surface area contributed by atoms with Crippen LogP contribution in [-0.2, 0) is 21.1 Å². The number of aromatic nitrogens is 2. The number of fused-ring (bicyclic) bond motifs is 1. The Morgan fingerprint density at radius 2 is 1.69 bits per heavy atom. The Morgan fingerprint density at radius 3 is 2.25 bits per heavy atom. The summed E-state index contributed by atoms with van der Waals surface area (Å²) in [6, 6.07) is 6.17. The van der Waals surface area contributed by atoms with Crippen molar-refractivity contribution in [1.29, 1.82) is 0 Å². The minimum atomic E-state index is 0. The molecule has 1 aromatic carbocycles. The fraction of sp³-hybridized carbons (Fsp3) is 0.333. The first-order valence-electron chi connectivity index (χ1n) is 4.64. The van der Waals surface area contributed by atoms with E-state index in [9.17, 15) is 0 Å². The second-order valence-electron chi connectivity index (χ2n) is 2.81. The maximum atomic E-state index is 4.01. The van der Waals surface area contributed by atoms with Crippen molar-refractivity contribution in [2.75, 3.05) is 0 Å². The van der Waals surface area contributed by atoms with Crippen LogP contribution in [0.3, 0.4) is 0 Å². The largest absolute Gasteiger partial charge is 1.00 e. The van der Waals surface area contributed by atoms with Crippen LogP contribution >= 0.6 is 0 Å². The zero-order valence-corrected chi connectivity index (χ0v) is 17.1. The predicted octanol–water partition coefficient (Wildman–Crippen LogP) is 0.287. The van der Waals surface area contributed by atoms with Gasteiger partial charge in [0.15, 0.2) is 0 Å². The smallest absolute Gasteiger partial charge is 0.575 e. The summed E-state index contributed by atoms with van der Waals surface area (Å²) in [6.07, 6.45) is 0. The Kier molecular flexibility index (Phi) is 15.4. The molecular formula is C12H18KN2W-. The van der Waals surface area contributed by atoms with Gasteiger partial charge in [-0.2, -0.15) is 0 Å². The van der Waals surface area contributed by atoms with Gasteiger partial charge in [0.1, 0.15) is 0 Å². The van der Waals surface area contributed by atoms with Gasteiger partial charge in [0.25, 0.3) is 0 Å². The maximum Gasteiger partial charge on any atom is 1.00 e. The fourth-order valence-electron chi connectivity index (χ4n) is 1.21. The molecule has 0 saturated carbocycles. The molecule has 16 heavy (non-hydrogen) atoms. The molecule has 0 N–H and O–H groups in total. The number of hydrogen-bond acceptors (Lipinski definition) is 1. The third-order valence-corrected chi connectivity index (χ3v) is 1.85. The first-order chi connectivity index (χ1) is 6.27. The number of benzene rings is 1. The molecule has 0 bridgehead atoms. The summed E-state index contributed by atoms with van der Waals surface area (Å²) in [5.74, 6) is 0. The molecular weight excluding hydrogens is 395 g/mol. The van der Waals surface area contributed by atoms with Crippen LogP contribution in [0.25, 0.3) is 10.9 Å². The van der Waals surface area contributed by atoms with E-state index in [0.29, 0.717) is 0 Å². The zero-order chi connectivity index (χ0) is 9.84. The van der Waals surface area contributed by atoms with E-state index in [0.717, 1.165) is 11.2 Å². The minimum Gasteiger partial charge on any atom is -0.575 e. The summed E-state index contributed by atoms with van der Waals surface area (Å²) in [5, 5.41) is 9.17. The van der Waals surface area contributed by atoms with Crippen molar-refractivity contribution in [3.05, 3.63) is 36.9 Å². The van der Waals surface area contributed by atoms with E-state index in [1.165, 1.54) is 10.9 Å². The van der Waals surface area contributed by atoms with Crippen LogP contribution in [0.1, 0.15) is 25.1 Å². The van der Waals surface area contributed by atoms with Crippen molar-refractivity contribution >= 4 is 10.9 Å². The molecule has 0 spiro atoms. The summed E-state index contributed by atoms with van der Waals surface area (Å²) < 4.78 is 0. The molecule has 4 heteroatoms. The molecule has 0 saturated heterocycles. The standard InChI is InChI=1S/C9H9N2.C2H6.CH3.K.W/c1-6-3-4-9-8(5-6)7(2)10-11-9;1-2;;;/h3-5H,1-2H3;1-2H3;1H3;;/q-1;;-1;+1;. The molecule has 2 aromatic rings. The van der Waals surface area contributed by atoms with Gasteiger partial charge >= 0.3 is 51.4 Å². The summed E-state index contributed by atoms with van der Waals surface area (Å²) in [5.41, 5.74) is 3.27. The molecule has 2 rings (SSSR count). The second kappa shape index (κ2) is 11.1. The van der Waals surface area contributed by atoms with Crippen LogP contribution in [0.4, 0.5) is 0 Å². The molecule has 0 aliphatic rings. The summed E-state index contributed by atoms with van der Waals surface area (Å²) >= 11 is 0. The van der Waals surface area contributed by atoms with E-state index in [2.05, 4.69) is 29.3 Å². The van der Waals surface area contributed by atoms with Gasteiger partial charge in [-0.05, 0) is 19.2 Å². The molecule has 2 nitrogen and oxygen atoms in total. The summed E-state index contributed by atoms with van der Waals surface area (Å²) in [7, 11) is 0. The van der Waals surface area contributed by atoms with Gasteiger partial charge in [-0.15, -0.1) is 5.52 Å².